The molecular weight excluding hydrogens is 198 g/mol. The van der Waals surface area contributed by atoms with Gasteiger partial charge in [-0.1, -0.05) is 13.8 Å². The van der Waals surface area contributed by atoms with Crippen LogP contribution >= 0.6 is 11.6 Å². The van der Waals surface area contributed by atoms with Crippen molar-refractivity contribution in [2.45, 2.75) is 20.3 Å². The van der Waals surface area contributed by atoms with Crippen LogP contribution in [0.1, 0.15) is 20.3 Å². The molecule has 0 aliphatic rings. The molecule has 0 bridgehead atoms. The van der Waals surface area contributed by atoms with Crippen molar-refractivity contribution in [3.8, 4) is 0 Å². The topological polar surface area (TPSA) is 46.2 Å². The largest absolute Gasteiger partial charge is 0.215 e. The van der Waals surface area contributed by atoms with Crippen LogP contribution in [-0.2, 0) is 10.0 Å². The molecule has 0 atom stereocenters. The molecule has 12 heavy (non-hydrogen) atoms. The predicted octanol–water partition coefficient (Wildman–Crippen LogP) is 1.19. The molecule has 0 heterocycles. The first kappa shape index (κ1) is 12.2. The van der Waals surface area contributed by atoms with Crippen LogP contribution in [0, 0.1) is 5.41 Å². The summed E-state index contributed by atoms with van der Waals surface area (Å²) in [5.41, 5.74) is -0.0647. The molecule has 0 amide bonds. The molecule has 3 nitrogen and oxygen atoms in total. The van der Waals surface area contributed by atoms with Crippen LogP contribution in [0.5, 0.6) is 0 Å². The molecule has 0 aromatic rings. The van der Waals surface area contributed by atoms with Crippen LogP contribution in [0.25, 0.3) is 0 Å². The minimum absolute atomic E-state index is 0.0647. The smallest absolute Gasteiger partial charge is 0.208 e. The van der Waals surface area contributed by atoms with Crippen LogP contribution in [0.15, 0.2) is 0 Å². The van der Waals surface area contributed by atoms with Gasteiger partial charge in [-0.2, -0.15) is 0 Å². The molecule has 0 saturated heterocycles. The summed E-state index contributed by atoms with van der Waals surface area (Å²) in [4.78, 5) is 0. The van der Waals surface area contributed by atoms with Gasteiger partial charge in [-0.15, -0.1) is 11.6 Å². The van der Waals surface area contributed by atoms with Crippen molar-refractivity contribution in [1.82, 2.24) is 4.72 Å². The van der Waals surface area contributed by atoms with Gasteiger partial charge >= 0.3 is 0 Å². The minimum Gasteiger partial charge on any atom is -0.215 e. The summed E-state index contributed by atoms with van der Waals surface area (Å²) in [6.07, 6.45) is 1.96. The summed E-state index contributed by atoms with van der Waals surface area (Å²) in [7, 11) is -3.07. The SMILES string of the molecule is CC(C)(CCCl)CNS(C)(=O)=O. The highest BCUT2D eigenvalue weighted by molar-refractivity contribution is 7.88. The fourth-order valence-electron chi connectivity index (χ4n) is 0.671. The van der Waals surface area contributed by atoms with Crippen LogP contribution in [-0.4, -0.2) is 27.1 Å². The van der Waals surface area contributed by atoms with Crippen molar-refractivity contribution < 1.29 is 8.42 Å². The highest BCUT2D eigenvalue weighted by Crippen LogP contribution is 2.19. The first-order chi connectivity index (χ1) is 5.27. The van der Waals surface area contributed by atoms with Gasteiger partial charge in [0, 0.05) is 12.4 Å². The van der Waals surface area contributed by atoms with Crippen LogP contribution in [0.3, 0.4) is 0 Å². The second-order valence-electron chi connectivity index (χ2n) is 3.70. The van der Waals surface area contributed by atoms with E-state index in [1.54, 1.807) is 0 Å². The van der Waals surface area contributed by atoms with E-state index in [4.69, 9.17) is 11.6 Å². The van der Waals surface area contributed by atoms with E-state index in [9.17, 15) is 8.42 Å². The van der Waals surface area contributed by atoms with Crippen molar-refractivity contribution in [3.63, 3.8) is 0 Å². The monoisotopic (exact) mass is 213 g/mol. The third-order valence-electron chi connectivity index (χ3n) is 1.58. The fraction of sp³-hybridized carbons (Fsp3) is 1.00. The van der Waals surface area contributed by atoms with Gasteiger partial charge in [0.15, 0.2) is 0 Å². The van der Waals surface area contributed by atoms with E-state index in [1.807, 2.05) is 13.8 Å². The van der Waals surface area contributed by atoms with Gasteiger partial charge in [-0.3, -0.25) is 0 Å². The molecule has 0 aliphatic carbocycles. The quantitative estimate of drug-likeness (QED) is 0.698. The second-order valence-corrected chi connectivity index (χ2v) is 5.91. The number of hydrogen-bond acceptors (Lipinski definition) is 2. The Hall–Kier alpha value is 0.200. The van der Waals surface area contributed by atoms with E-state index in [1.165, 1.54) is 0 Å². The zero-order valence-corrected chi connectivity index (χ0v) is 9.30. The lowest BCUT2D eigenvalue weighted by Gasteiger charge is -2.22. The summed E-state index contributed by atoms with van der Waals surface area (Å²) in [5, 5.41) is 0. The number of alkyl halides is 1. The average Bonchev–Trinajstić information content (AvgIpc) is 1.83. The number of hydrogen-bond donors (Lipinski definition) is 1. The Bertz CT molecular complexity index is 224. The van der Waals surface area contributed by atoms with Crippen molar-refractivity contribution in [1.29, 1.82) is 0 Å². The van der Waals surface area contributed by atoms with E-state index < -0.39 is 10.0 Å². The lowest BCUT2D eigenvalue weighted by molar-refractivity contribution is 0.352. The highest BCUT2D eigenvalue weighted by Gasteiger charge is 2.18. The number of sulfonamides is 1. The lowest BCUT2D eigenvalue weighted by Crippen LogP contribution is -2.33. The maximum Gasteiger partial charge on any atom is 0.208 e. The molecular formula is C7H16ClNO2S. The molecule has 0 rings (SSSR count). The Labute approximate surface area is 79.5 Å². The standard InChI is InChI=1S/C7H16ClNO2S/c1-7(2,4-5-8)6-9-12(3,10)11/h9H,4-6H2,1-3H3. The maximum atomic E-state index is 10.7. The highest BCUT2D eigenvalue weighted by atomic mass is 35.5. The molecule has 0 saturated carbocycles. The summed E-state index contributed by atoms with van der Waals surface area (Å²) in [6, 6.07) is 0. The van der Waals surface area contributed by atoms with Gasteiger partial charge in [0.05, 0.1) is 6.26 Å². The molecule has 0 unspecified atom stereocenters. The number of nitrogens with one attached hydrogen (secondary N) is 1. The van der Waals surface area contributed by atoms with Crippen molar-refractivity contribution in [2.24, 2.45) is 5.41 Å². The zero-order chi connectivity index (χ0) is 9.83. The lowest BCUT2D eigenvalue weighted by atomic mass is 9.91. The summed E-state index contributed by atoms with van der Waals surface area (Å²) < 4.78 is 23.9. The summed E-state index contributed by atoms with van der Waals surface area (Å²) in [5.74, 6) is 0.554. The van der Waals surface area contributed by atoms with Crippen molar-refractivity contribution in [2.75, 3.05) is 18.7 Å². The first-order valence-electron chi connectivity index (χ1n) is 3.77. The molecule has 0 spiro atoms. The van der Waals surface area contributed by atoms with Crippen LogP contribution < -0.4 is 4.72 Å². The number of rotatable bonds is 5. The molecule has 1 N–H and O–H groups in total. The van der Waals surface area contributed by atoms with E-state index in [0.717, 1.165) is 12.7 Å². The molecule has 0 aromatic carbocycles. The normalized spacial score (nSPS) is 13.3. The van der Waals surface area contributed by atoms with Gasteiger partial charge < -0.3 is 0 Å². The molecule has 0 radical (unpaired) electrons. The third kappa shape index (κ3) is 6.88. The Kier molecular flexibility index (Phi) is 4.51. The Morgan fingerprint density at radius 3 is 2.25 bits per heavy atom. The molecule has 0 fully saturated rings. The molecule has 0 aromatic heterocycles. The summed E-state index contributed by atoms with van der Waals surface area (Å²) in [6.45, 7) is 4.40. The summed E-state index contributed by atoms with van der Waals surface area (Å²) >= 11 is 5.56. The number of halogens is 1. The Morgan fingerprint density at radius 2 is 1.92 bits per heavy atom. The molecule has 5 heteroatoms. The predicted molar refractivity (Wildman–Crippen MR) is 52.0 cm³/mol. The van der Waals surface area contributed by atoms with Gasteiger partial charge in [-0.05, 0) is 11.8 Å². The minimum atomic E-state index is -3.07. The van der Waals surface area contributed by atoms with Crippen molar-refractivity contribution >= 4 is 21.6 Å². The molecule has 74 valence electrons. The third-order valence-corrected chi connectivity index (χ3v) is 2.44. The van der Waals surface area contributed by atoms with Gasteiger partial charge in [-0.25, -0.2) is 13.1 Å². The second kappa shape index (κ2) is 4.44. The van der Waals surface area contributed by atoms with E-state index >= 15 is 0 Å². The zero-order valence-electron chi connectivity index (χ0n) is 7.72. The van der Waals surface area contributed by atoms with Gasteiger partial charge in [0.25, 0.3) is 0 Å². The van der Waals surface area contributed by atoms with Gasteiger partial charge in [0.1, 0.15) is 0 Å². The first-order valence-corrected chi connectivity index (χ1v) is 6.20. The van der Waals surface area contributed by atoms with Gasteiger partial charge in [0.2, 0.25) is 10.0 Å². The van der Waals surface area contributed by atoms with Crippen LogP contribution in [0.4, 0.5) is 0 Å². The fourth-order valence-corrected chi connectivity index (χ4v) is 1.84. The van der Waals surface area contributed by atoms with Crippen LogP contribution in [0.2, 0.25) is 0 Å². The average molecular weight is 214 g/mol. The van der Waals surface area contributed by atoms with Crippen molar-refractivity contribution in [3.05, 3.63) is 0 Å². The van der Waals surface area contributed by atoms with E-state index in [-0.39, 0.29) is 5.41 Å². The van der Waals surface area contributed by atoms with E-state index in [0.29, 0.717) is 12.4 Å². The maximum absolute atomic E-state index is 10.7. The Morgan fingerprint density at radius 1 is 1.42 bits per heavy atom. The van der Waals surface area contributed by atoms with E-state index in [2.05, 4.69) is 4.72 Å². The molecule has 0 aliphatic heterocycles. The Balaban J connectivity index is 3.92.